The average molecular weight is 493 g/mol. The van der Waals surface area contributed by atoms with Gasteiger partial charge in [-0.3, -0.25) is 14.2 Å². The van der Waals surface area contributed by atoms with Gasteiger partial charge in [-0.05, 0) is 33.3 Å². The van der Waals surface area contributed by atoms with Crippen LogP contribution in [0.15, 0.2) is 16.6 Å². The highest BCUT2D eigenvalue weighted by molar-refractivity contribution is 7.99. The van der Waals surface area contributed by atoms with Crippen LogP contribution in [0.4, 0.5) is 5.13 Å². The molecule has 0 saturated carbocycles. The molecule has 8 nitrogen and oxygen atoms in total. The molecule has 3 heterocycles. The second kappa shape index (κ2) is 10.6. The molecule has 3 rings (SSSR count). The van der Waals surface area contributed by atoms with Crippen LogP contribution >= 0.6 is 34.4 Å². The van der Waals surface area contributed by atoms with Gasteiger partial charge in [0.15, 0.2) is 16.1 Å². The fourth-order valence-electron chi connectivity index (χ4n) is 3.05. The van der Waals surface area contributed by atoms with E-state index in [0.717, 1.165) is 24.2 Å². The van der Waals surface area contributed by atoms with Crippen molar-refractivity contribution in [2.45, 2.75) is 51.7 Å². The maximum Gasteiger partial charge on any atom is 0.265 e. The largest absolute Gasteiger partial charge is 0.344 e. The van der Waals surface area contributed by atoms with Crippen molar-refractivity contribution in [3.8, 4) is 11.4 Å². The third kappa shape index (κ3) is 5.57. The molecule has 0 saturated heterocycles. The summed E-state index contributed by atoms with van der Waals surface area (Å²) in [7, 11) is 3.38. The molecule has 0 bridgehead atoms. The summed E-state index contributed by atoms with van der Waals surface area (Å²) in [6.07, 6.45) is 2.16. The molecule has 0 atom stereocenters. The fourth-order valence-corrected chi connectivity index (χ4v) is 5.89. The lowest BCUT2D eigenvalue weighted by Crippen LogP contribution is -2.21. The van der Waals surface area contributed by atoms with Gasteiger partial charge in [-0.1, -0.05) is 36.4 Å². The summed E-state index contributed by atoms with van der Waals surface area (Å²) >= 11 is 4.27. The van der Waals surface area contributed by atoms with Crippen LogP contribution < -0.4 is 5.32 Å². The van der Waals surface area contributed by atoms with Crippen molar-refractivity contribution in [1.82, 2.24) is 24.6 Å². The van der Waals surface area contributed by atoms with E-state index in [9.17, 15) is 9.59 Å². The van der Waals surface area contributed by atoms with Gasteiger partial charge in [-0.2, -0.15) is 0 Å². The molecule has 0 unspecified atom stereocenters. The van der Waals surface area contributed by atoms with Crippen LogP contribution in [0.5, 0.6) is 0 Å². The van der Waals surface area contributed by atoms with Crippen molar-refractivity contribution < 1.29 is 9.59 Å². The van der Waals surface area contributed by atoms with E-state index in [-0.39, 0.29) is 23.6 Å². The zero-order valence-electron chi connectivity index (χ0n) is 19.1. The van der Waals surface area contributed by atoms with Crippen molar-refractivity contribution in [2.24, 2.45) is 0 Å². The Labute approximate surface area is 200 Å². The predicted octanol–water partition coefficient (Wildman–Crippen LogP) is 4.74. The number of thioether (sulfide) groups is 1. The van der Waals surface area contributed by atoms with Gasteiger partial charge in [0.25, 0.3) is 5.91 Å². The van der Waals surface area contributed by atoms with Crippen LogP contribution in [-0.2, 0) is 11.2 Å². The van der Waals surface area contributed by atoms with Crippen molar-refractivity contribution in [3.05, 3.63) is 26.9 Å². The molecule has 32 heavy (non-hydrogen) atoms. The fraction of sp³-hybridized carbons (Fsp3) is 0.476. The van der Waals surface area contributed by atoms with Crippen LogP contribution in [-0.4, -0.2) is 56.3 Å². The number of carbonyl (C=O) groups is 2. The Balaban J connectivity index is 1.69. The minimum absolute atomic E-state index is 0.122. The van der Waals surface area contributed by atoms with Gasteiger partial charge in [0.05, 0.1) is 11.4 Å². The first-order chi connectivity index (χ1) is 15.2. The molecule has 0 fully saturated rings. The molecule has 0 aliphatic carbocycles. The van der Waals surface area contributed by atoms with Crippen LogP contribution in [0.2, 0.25) is 0 Å². The summed E-state index contributed by atoms with van der Waals surface area (Å²) in [6, 6.07) is 2.33. The number of hydrogen-bond donors (Lipinski definition) is 1. The van der Waals surface area contributed by atoms with Gasteiger partial charge in [0, 0.05) is 36.0 Å². The Bertz CT molecular complexity index is 1100. The number of anilines is 1. The smallest absolute Gasteiger partial charge is 0.265 e. The number of aryl methyl sites for hydroxylation is 2. The monoisotopic (exact) mass is 492 g/mol. The molecule has 0 radical (unpaired) electrons. The van der Waals surface area contributed by atoms with Crippen molar-refractivity contribution in [1.29, 1.82) is 0 Å². The van der Waals surface area contributed by atoms with Crippen LogP contribution in [0.1, 0.15) is 53.5 Å². The summed E-state index contributed by atoms with van der Waals surface area (Å²) in [5, 5.41) is 14.8. The third-order valence-corrected chi connectivity index (χ3v) is 7.57. The Morgan fingerprint density at radius 1 is 1.28 bits per heavy atom. The molecule has 1 N–H and O–H groups in total. The lowest BCUT2D eigenvalue weighted by molar-refractivity contribution is -0.113. The minimum Gasteiger partial charge on any atom is -0.344 e. The number of nitrogens with one attached hydrogen (secondary N) is 1. The van der Waals surface area contributed by atoms with E-state index in [1.807, 2.05) is 0 Å². The van der Waals surface area contributed by atoms with E-state index in [1.54, 1.807) is 32.4 Å². The van der Waals surface area contributed by atoms with Gasteiger partial charge >= 0.3 is 0 Å². The number of hydrogen-bond acceptors (Lipinski definition) is 8. The van der Waals surface area contributed by atoms with Gasteiger partial charge in [-0.25, -0.2) is 4.98 Å². The molecular weight excluding hydrogens is 464 g/mol. The zero-order valence-corrected chi connectivity index (χ0v) is 21.6. The average Bonchev–Trinajstić information content (AvgIpc) is 3.44. The number of thiophene rings is 1. The number of amides is 2. The Kier molecular flexibility index (Phi) is 8.07. The van der Waals surface area contributed by atoms with Gasteiger partial charge in [0.1, 0.15) is 4.88 Å². The molecule has 11 heteroatoms. The standard InChI is InChI=1S/C21H28N6O2S3/c1-7-8-15-9-14(10-30-15)18-24-25-21(27(18)12(2)3)31-11-16(28)23-20-22-13(4)17(32-20)19(29)26(5)6/h9-10,12H,7-8,11H2,1-6H3,(H,22,23,28). The summed E-state index contributed by atoms with van der Waals surface area (Å²) in [5.41, 5.74) is 1.67. The van der Waals surface area contributed by atoms with Gasteiger partial charge in [0.2, 0.25) is 5.91 Å². The van der Waals surface area contributed by atoms with Crippen LogP contribution in [0.3, 0.4) is 0 Å². The number of rotatable bonds is 9. The first-order valence-corrected chi connectivity index (χ1v) is 13.0. The van der Waals surface area contributed by atoms with E-state index in [4.69, 9.17) is 0 Å². The SMILES string of the molecule is CCCc1cc(-c2nnc(SCC(=O)Nc3nc(C)c(C(=O)N(C)C)s3)n2C(C)C)cs1. The predicted molar refractivity (Wildman–Crippen MR) is 132 cm³/mol. The summed E-state index contributed by atoms with van der Waals surface area (Å²) in [6.45, 7) is 8.10. The quantitative estimate of drug-likeness (QED) is 0.434. The van der Waals surface area contributed by atoms with E-state index in [0.29, 0.717) is 20.9 Å². The van der Waals surface area contributed by atoms with Crippen molar-refractivity contribution in [3.63, 3.8) is 0 Å². The number of nitrogens with zero attached hydrogens (tertiary/aromatic N) is 5. The maximum absolute atomic E-state index is 12.5. The lowest BCUT2D eigenvalue weighted by atomic mass is 10.2. The first-order valence-electron chi connectivity index (χ1n) is 10.4. The highest BCUT2D eigenvalue weighted by atomic mass is 32.2. The molecular formula is C21H28N6O2S3. The van der Waals surface area contributed by atoms with Gasteiger partial charge in [-0.15, -0.1) is 21.5 Å². The van der Waals surface area contributed by atoms with E-state index in [1.165, 1.54) is 32.9 Å². The van der Waals surface area contributed by atoms with Crippen molar-refractivity contribution >= 4 is 51.4 Å². The van der Waals surface area contributed by atoms with Crippen LogP contribution in [0, 0.1) is 6.92 Å². The molecule has 3 aromatic rings. The number of carbonyl (C=O) groups excluding carboxylic acids is 2. The number of thiazole rings is 1. The highest BCUT2D eigenvalue weighted by Crippen LogP contribution is 2.31. The highest BCUT2D eigenvalue weighted by Gasteiger charge is 2.20. The summed E-state index contributed by atoms with van der Waals surface area (Å²) in [5.74, 6) is 0.672. The normalized spacial score (nSPS) is 11.2. The molecule has 0 aromatic carbocycles. The zero-order chi connectivity index (χ0) is 23.4. The molecule has 0 aliphatic heterocycles. The molecule has 172 valence electrons. The second-order valence-electron chi connectivity index (χ2n) is 7.79. The Morgan fingerprint density at radius 3 is 2.69 bits per heavy atom. The first kappa shape index (κ1) is 24.4. The van der Waals surface area contributed by atoms with Gasteiger partial charge < -0.3 is 10.2 Å². The third-order valence-electron chi connectivity index (χ3n) is 4.57. The van der Waals surface area contributed by atoms with E-state index < -0.39 is 0 Å². The maximum atomic E-state index is 12.5. The summed E-state index contributed by atoms with van der Waals surface area (Å²) < 4.78 is 2.07. The van der Waals surface area contributed by atoms with E-state index >= 15 is 0 Å². The summed E-state index contributed by atoms with van der Waals surface area (Å²) in [4.78, 5) is 32.4. The van der Waals surface area contributed by atoms with E-state index in [2.05, 4.69) is 57.3 Å². The second-order valence-corrected chi connectivity index (χ2v) is 10.7. The lowest BCUT2D eigenvalue weighted by Gasteiger charge is -2.13. The minimum atomic E-state index is -0.201. The molecule has 2 amide bonds. The van der Waals surface area contributed by atoms with Crippen molar-refractivity contribution in [2.75, 3.05) is 25.2 Å². The Morgan fingerprint density at radius 2 is 2.03 bits per heavy atom. The van der Waals surface area contributed by atoms with Crippen LogP contribution in [0.25, 0.3) is 11.4 Å². The topological polar surface area (TPSA) is 93.0 Å². The molecule has 0 aliphatic rings. The molecule has 0 spiro atoms. The number of aromatic nitrogens is 4. The molecule has 3 aromatic heterocycles. The Hall–Kier alpha value is -2.24.